The monoisotopic (exact) mass is 195 g/mol. The van der Waals surface area contributed by atoms with Crippen LogP contribution in [0.1, 0.15) is 12.5 Å². The first kappa shape index (κ1) is 7.30. The van der Waals surface area contributed by atoms with Crippen molar-refractivity contribution < 1.29 is 0 Å². The van der Waals surface area contributed by atoms with E-state index in [1.807, 2.05) is 6.07 Å². The molecule has 0 saturated heterocycles. The molecular formula is C8H6BrN. The molecule has 50 valence electrons. The topological polar surface area (TPSA) is 12.9 Å². The first-order valence-electron chi connectivity index (χ1n) is 2.86. The Kier molecular flexibility index (Phi) is 2.47. The summed E-state index contributed by atoms with van der Waals surface area (Å²) in [5, 5.41) is 0. The van der Waals surface area contributed by atoms with E-state index in [-0.39, 0.29) is 0 Å². The van der Waals surface area contributed by atoms with Gasteiger partial charge in [-0.1, -0.05) is 5.92 Å². The molecule has 0 N–H and O–H groups in total. The summed E-state index contributed by atoms with van der Waals surface area (Å²) in [6, 6.07) is 1.93. The molecule has 0 aliphatic rings. The van der Waals surface area contributed by atoms with Crippen molar-refractivity contribution in [1.82, 2.24) is 4.98 Å². The Morgan fingerprint density at radius 1 is 1.50 bits per heavy atom. The molecule has 0 aromatic carbocycles. The van der Waals surface area contributed by atoms with Crippen molar-refractivity contribution in [2.45, 2.75) is 6.92 Å². The molecule has 1 heterocycles. The van der Waals surface area contributed by atoms with Gasteiger partial charge in [0.25, 0.3) is 0 Å². The highest BCUT2D eigenvalue weighted by atomic mass is 79.9. The summed E-state index contributed by atoms with van der Waals surface area (Å²) in [5.41, 5.74) is 0.942. The number of hydrogen-bond donors (Lipinski definition) is 0. The fourth-order valence-corrected chi connectivity index (χ4v) is 0.989. The van der Waals surface area contributed by atoms with Crippen LogP contribution in [-0.2, 0) is 0 Å². The molecule has 2 heteroatoms. The first-order chi connectivity index (χ1) is 4.83. The highest BCUT2D eigenvalue weighted by molar-refractivity contribution is 9.10. The van der Waals surface area contributed by atoms with E-state index in [4.69, 9.17) is 0 Å². The van der Waals surface area contributed by atoms with E-state index in [9.17, 15) is 0 Å². The van der Waals surface area contributed by atoms with Crippen LogP contribution >= 0.6 is 15.9 Å². The van der Waals surface area contributed by atoms with E-state index < -0.39 is 0 Å². The van der Waals surface area contributed by atoms with Gasteiger partial charge >= 0.3 is 0 Å². The Morgan fingerprint density at radius 3 is 2.90 bits per heavy atom. The lowest BCUT2D eigenvalue weighted by Crippen LogP contribution is -1.76. The standard InChI is InChI=1S/C8H6BrN/c1-2-3-7-4-8(9)6-10-5-7/h4-6H,1H3. The van der Waals surface area contributed by atoms with E-state index >= 15 is 0 Å². The largest absolute Gasteiger partial charge is 0.262 e. The number of pyridine rings is 1. The Bertz CT molecular complexity index is 283. The molecule has 0 saturated carbocycles. The van der Waals surface area contributed by atoms with Gasteiger partial charge in [0.15, 0.2) is 0 Å². The molecule has 0 aliphatic carbocycles. The van der Waals surface area contributed by atoms with Crippen LogP contribution in [0.3, 0.4) is 0 Å². The number of halogens is 1. The maximum atomic E-state index is 3.95. The Balaban J connectivity index is 3.03. The minimum absolute atomic E-state index is 0.942. The van der Waals surface area contributed by atoms with Crippen LogP contribution in [0.15, 0.2) is 22.9 Å². The highest BCUT2D eigenvalue weighted by Gasteiger charge is 1.87. The van der Waals surface area contributed by atoms with Crippen molar-refractivity contribution in [3.8, 4) is 11.8 Å². The molecule has 1 aromatic heterocycles. The van der Waals surface area contributed by atoms with Gasteiger partial charge in [-0.25, -0.2) is 0 Å². The molecular weight excluding hydrogens is 190 g/mol. The first-order valence-corrected chi connectivity index (χ1v) is 3.65. The molecule has 0 spiro atoms. The van der Waals surface area contributed by atoms with Crippen molar-refractivity contribution in [2.24, 2.45) is 0 Å². The maximum Gasteiger partial charge on any atom is 0.0439 e. The minimum Gasteiger partial charge on any atom is -0.262 e. The summed E-state index contributed by atoms with van der Waals surface area (Å²) >= 11 is 3.30. The fourth-order valence-electron chi connectivity index (χ4n) is 0.625. The molecule has 1 nitrogen and oxygen atoms in total. The predicted octanol–water partition coefficient (Wildman–Crippen LogP) is 2.22. The van der Waals surface area contributed by atoms with E-state index in [1.54, 1.807) is 19.3 Å². The molecule has 0 atom stereocenters. The fraction of sp³-hybridized carbons (Fsp3) is 0.125. The Morgan fingerprint density at radius 2 is 2.30 bits per heavy atom. The summed E-state index contributed by atoms with van der Waals surface area (Å²) in [5.74, 6) is 5.71. The van der Waals surface area contributed by atoms with Gasteiger partial charge in [0, 0.05) is 22.4 Å². The zero-order valence-electron chi connectivity index (χ0n) is 5.56. The summed E-state index contributed by atoms with van der Waals surface area (Å²) < 4.78 is 0.966. The van der Waals surface area contributed by atoms with Crippen LogP contribution in [0.25, 0.3) is 0 Å². The quantitative estimate of drug-likeness (QED) is 0.579. The van der Waals surface area contributed by atoms with Crippen molar-refractivity contribution >= 4 is 15.9 Å². The van der Waals surface area contributed by atoms with Crippen LogP contribution in [-0.4, -0.2) is 4.98 Å². The average Bonchev–Trinajstić information content (AvgIpc) is 1.88. The van der Waals surface area contributed by atoms with Gasteiger partial charge in [0.2, 0.25) is 0 Å². The highest BCUT2D eigenvalue weighted by Crippen LogP contribution is 2.07. The third-order valence-corrected chi connectivity index (χ3v) is 1.41. The zero-order valence-corrected chi connectivity index (χ0v) is 7.14. The van der Waals surface area contributed by atoms with Crippen molar-refractivity contribution in [3.05, 3.63) is 28.5 Å². The number of nitrogens with zero attached hydrogens (tertiary/aromatic N) is 1. The van der Waals surface area contributed by atoms with Gasteiger partial charge in [-0.2, -0.15) is 0 Å². The molecule has 10 heavy (non-hydrogen) atoms. The van der Waals surface area contributed by atoms with Crippen LogP contribution in [0.2, 0.25) is 0 Å². The molecule has 1 rings (SSSR count). The van der Waals surface area contributed by atoms with Gasteiger partial charge in [-0.3, -0.25) is 4.98 Å². The Labute approximate surface area is 68.6 Å². The normalized spacial score (nSPS) is 8.20. The molecule has 0 fully saturated rings. The van der Waals surface area contributed by atoms with E-state index in [0.717, 1.165) is 10.0 Å². The van der Waals surface area contributed by atoms with Crippen molar-refractivity contribution in [1.29, 1.82) is 0 Å². The molecule has 1 aromatic rings. The summed E-state index contributed by atoms with van der Waals surface area (Å²) in [6.07, 6.45) is 3.47. The molecule has 0 amide bonds. The van der Waals surface area contributed by atoms with Crippen LogP contribution in [0.4, 0.5) is 0 Å². The van der Waals surface area contributed by atoms with Gasteiger partial charge < -0.3 is 0 Å². The predicted molar refractivity (Wildman–Crippen MR) is 44.5 cm³/mol. The van der Waals surface area contributed by atoms with E-state index in [1.165, 1.54) is 0 Å². The number of aromatic nitrogens is 1. The molecule has 0 unspecified atom stereocenters. The second kappa shape index (κ2) is 3.38. The van der Waals surface area contributed by atoms with Crippen LogP contribution in [0, 0.1) is 11.8 Å². The SMILES string of the molecule is CC#Cc1cncc(Br)c1. The second-order valence-electron chi connectivity index (χ2n) is 1.77. The lowest BCUT2D eigenvalue weighted by Gasteiger charge is -1.88. The third-order valence-electron chi connectivity index (χ3n) is 0.974. The lowest BCUT2D eigenvalue weighted by molar-refractivity contribution is 1.29. The van der Waals surface area contributed by atoms with Crippen LogP contribution < -0.4 is 0 Å². The lowest BCUT2D eigenvalue weighted by atomic mass is 10.3. The second-order valence-corrected chi connectivity index (χ2v) is 2.68. The summed E-state index contributed by atoms with van der Waals surface area (Å²) in [4.78, 5) is 3.95. The van der Waals surface area contributed by atoms with Gasteiger partial charge in [-0.15, -0.1) is 5.92 Å². The molecule has 0 aliphatic heterocycles. The molecule has 0 radical (unpaired) electrons. The summed E-state index contributed by atoms with van der Waals surface area (Å²) in [7, 11) is 0. The van der Waals surface area contributed by atoms with Crippen molar-refractivity contribution in [3.63, 3.8) is 0 Å². The number of hydrogen-bond acceptors (Lipinski definition) is 1. The van der Waals surface area contributed by atoms with Crippen LogP contribution in [0.5, 0.6) is 0 Å². The van der Waals surface area contributed by atoms with Gasteiger partial charge in [0.1, 0.15) is 0 Å². The smallest absolute Gasteiger partial charge is 0.0439 e. The Hall–Kier alpha value is -0.810. The zero-order chi connectivity index (χ0) is 7.40. The van der Waals surface area contributed by atoms with Gasteiger partial charge in [0.05, 0.1) is 0 Å². The van der Waals surface area contributed by atoms with E-state index in [0.29, 0.717) is 0 Å². The van der Waals surface area contributed by atoms with Gasteiger partial charge in [-0.05, 0) is 28.9 Å². The maximum absolute atomic E-state index is 3.95. The minimum atomic E-state index is 0.942. The third kappa shape index (κ3) is 1.85. The van der Waals surface area contributed by atoms with Crippen molar-refractivity contribution in [2.75, 3.05) is 0 Å². The van der Waals surface area contributed by atoms with E-state index in [2.05, 4.69) is 32.8 Å². The summed E-state index contributed by atoms with van der Waals surface area (Å²) in [6.45, 7) is 1.81. The number of rotatable bonds is 0. The molecule has 0 bridgehead atoms. The average molecular weight is 196 g/mol.